The Bertz CT molecular complexity index is 641. The third kappa shape index (κ3) is 2.83. The maximum atomic E-state index is 12.1. The maximum absolute atomic E-state index is 12.1. The molecule has 0 aliphatic rings. The smallest absolute Gasteiger partial charge is 0.259 e. The number of nitrogens with one attached hydrogen (secondary N) is 1. The van der Waals surface area contributed by atoms with Crippen molar-refractivity contribution in [1.29, 1.82) is 0 Å². The van der Waals surface area contributed by atoms with Crippen molar-refractivity contribution in [3.05, 3.63) is 57.6 Å². The Hall–Kier alpha value is -1.71. The number of carbonyl (C=O) groups is 1. The second-order valence-electron chi connectivity index (χ2n) is 4.03. The molecule has 0 aromatic heterocycles. The summed E-state index contributed by atoms with van der Waals surface area (Å²) in [5.74, 6) is -0.483. The first-order valence-corrected chi connectivity index (χ1v) is 6.30. The van der Waals surface area contributed by atoms with E-state index < -0.39 is 5.91 Å². The number of anilines is 1. The molecule has 5 heteroatoms. The van der Waals surface area contributed by atoms with E-state index in [-0.39, 0.29) is 16.3 Å². The molecule has 0 spiro atoms. The molecular formula is C14H11Cl2NO2. The molecule has 2 rings (SSSR count). The minimum absolute atomic E-state index is 0.0434. The van der Waals surface area contributed by atoms with Crippen LogP contribution in [-0.2, 0) is 0 Å². The van der Waals surface area contributed by atoms with Crippen LogP contribution in [0.5, 0.6) is 5.75 Å². The summed E-state index contributed by atoms with van der Waals surface area (Å²) >= 11 is 11.9. The number of aryl methyl sites for hydroxylation is 1. The zero-order valence-electron chi connectivity index (χ0n) is 10.1. The van der Waals surface area contributed by atoms with Gasteiger partial charge in [-0.3, -0.25) is 4.79 Å². The van der Waals surface area contributed by atoms with Crippen LogP contribution < -0.4 is 5.32 Å². The molecular weight excluding hydrogens is 285 g/mol. The van der Waals surface area contributed by atoms with Crippen LogP contribution in [0.15, 0.2) is 36.4 Å². The number of benzene rings is 2. The first-order chi connectivity index (χ1) is 9.00. The molecule has 0 bridgehead atoms. The fraction of sp³-hybridized carbons (Fsp3) is 0.0714. The lowest BCUT2D eigenvalue weighted by Gasteiger charge is -2.10. The predicted molar refractivity (Wildman–Crippen MR) is 77.3 cm³/mol. The van der Waals surface area contributed by atoms with Crippen molar-refractivity contribution in [2.45, 2.75) is 6.92 Å². The fourth-order valence-electron chi connectivity index (χ4n) is 1.63. The first kappa shape index (κ1) is 13.7. The number of aromatic hydroxyl groups is 1. The lowest BCUT2D eigenvalue weighted by Crippen LogP contribution is -2.12. The summed E-state index contributed by atoms with van der Waals surface area (Å²) in [5.41, 5.74) is 1.22. The molecule has 0 heterocycles. The van der Waals surface area contributed by atoms with Crippen LogP contribution in [-0.4, -0.2) is 11.0 Å². The van der Waals surface area contributed by atoms with Gasteiger partial charge < -0.3 is 10.4 Å². The standard InChI is InChI=1S/C14H11Cl2NO2/c1-8-4-2-5-9(13(8)18)14(19)17-11-7-3-6-10(15)12(11)16/h2-7,18H,1H3,(H,17,19). The molecule has 0 saturated carbocycles. The number of hydrogen-bond donors (Lipinski definition) is 2. The van der Waals surface area contributed by atoms with Crippen LogP contribution in [0.2, 0.25) is 10.0 Å². The molecule has 1 amide bonds. The summed E-state index contributed by atoms with van der Waals surface area (Å²) in [7, 11) is 0. The molecule has 0 atom stereocenters. The van der Waals surface area contributed by atoms with E-state index in [2.05, 4.69) is 5.32 Å². The number of phenolic OH excluding ortho intramolecular Hbond substituents is 1. The number of rotatable bonds is 2. The lowest BCUT2D eigenvalue weighted by atomic mass is 10.1. The van der Waals surface area contributed by atoms with E-state index in [0.717, 1.165) is 0 Å². The molecule has 0 fully saturated rings. The van der Waals surface area contributed by atoms with E-state index >= 15 is 0 Å². The maximum Gasteiger partial charge on any atom is 0.259 e. The normalized spacial score (nSPS) is 10.3. The number of para-hydroxylation sites is 1. The topological polar surface area (TPSA) is 49.3 Å². The van der Waals surface area contributed by atoms with Crippen molar-refractivity contribution in [2.24, 2.45) is 0 Å². The Morgan fingerprint density at radius 2 is 1.84 bits per heavy atom. The molecule has 3 nitrogen and oxygen atoms in total. The highest BCUT2D eigenvalue weighted by atomic mass is 35.5. The Morgan fingerprint density at radius 3 is 2.58 bits per heavy atom. The molecule has 19 heavy (non-hydrogen) atoms. The zero-order chi connectivity index (χ0) is 14.0. The van der Waals surface area contributed by atoms with E-state index in [1.165, 1.54) is 6.07 Å². The van der Waals surface area contributed by atoms with E-state index in [9.17, 15) is 9.90 Å². The SMILES string of the molecule is Cc1cccc(C(=O)Nc2cccc(Cl)c2Cl)c1O. The van der Waals surface area contributed by atoms with Gasteiger partial charge >= 0.3 is 0 Å². The van der Waals surface area contributed by atoms with Gasteiger partial charge in [0.1, 0.15) is 5.75 Å². The molecule has 0 aliphatic heterocycles. The fourth-order valence-corrected chi connectivity index (χ4v) is 1.98. The van der Waals surface area contributed by atoms with Gasteiger partial charge in [-0.25, -0.2) is 0 Å². The summed E-state index contributed by atoms with van der Waals surface area (Å²) in [6, 6.07) is 9.90. The van der Waals surface area contributed by atoms with Gasteiger partial charge in [0.15, 0.2) is 0 Å². The van der Waals surface area contributed by atoms with Gasteiger partial charge in [-0.05, 0) is 30.7 Å². The minimum Gasteiger partial charge on any atom is -0.507 e. The van der Waals surface area contributed by atoms with Crippen molar-refractivity contribution in [3.63, 3.8) is 0 Å². The summed E-state index contributed by atoms with van der Waals surface area (Å²) in [6.07, 6.45) is 0. The molecule has 0 radical (unpaired) electrons. The molecule has 0 saturated heterocycles. The molecule has 2 aromatic rings. The number of hydrogen-bond acceptors (Lipinski definition) is 2. The summed E-state index contributed by atoms with van der Waals surface area (Å²) < 4.78 is 0. The largest absolute Gasteiger partial charge is 0.507 e. The van der Waals surface area contributed by atoms with Crippen LogP contribution in [0.3, 0.4) is 0 Å². The van der Waals surface area contributed by atoms with Crippen molar-refractivity contribution >= 4 is 34.8 Å². The third-order valence-electron chi connectivity index (χ3n) is 2.68. The van der Waals surface area contributed by atoms with Gasteiger partial charge in [0, 0.05) is 0 Å². The lowest BCUT2D eigenvalue weighted by molar-refractivity contribution is 0.102. The van der Waals surface area contributed by atoms with Gasteiger partial charge in [-0.15, -0.1) is 0 Å². The average Bonchev–Trinajstić information content (AvgIpc) is 2.38. The first-order valence-electron chi connectivity index (χ1n) is 5.54. The minimum atomic E-state index is -0.439. The van der Waals surface area contributed by atoms with Gasteiger partial charge in [0.2, 0.25) is 0 Å². The number of amides is 1. The van der Waals surface area contributed by atoms with E-state index in [1.54, 1.807) is 37.3 Å². The highest BCUT2D eigenvalue weighted by Gasteiger charge is 2.14. The second-order valence-corrected chi connectivity index (χ2v) is 4.81. The van der Waals surface area contributed by atoms with E-state index in [0.29, 0.717) is 16.3 Å². The van der Waals surface area contributed by atoms with Crippen molar-refractivity contribution in [2.75, 3.05) is 5.32 Å². The quantitative estimate of drug-likeness (QED) is 0.870. The Kier molecular flexibility index (Phi) is 3.98. The van der Waals surface area contributed by atoms with Crippen molar-refractivity contribution in [1.82, 2.24) is 0 Å². The van der Waals surface area contributed by atoms with Crippen LogP contribution in [0.4, 0.5) is 5.69 Å². The van der Waals surface area contributed by atoms with Crippen LogP contribution in [0.1, 0.15) is 15.9 Å². The van der Waals surface area contributed by atoms with Crippen molar-refractivity contribution in [3.8, 4) is 5.75 Å². The molecule has 0 aliphatic carbocycles. The average molecular weight is 296 g/mol. The van der Waals surface area contributed by atoms with Gasteiger partial charge in [0.05, 0.1) is 21.3 Å². The van der Waals surface area contributed by atoms with E-state index in [4.69, 9.17) is 23.2 Å². The van der Waals surface area contributed by atoms with E-state index in [1.807, 2.05) is 0 Å². The van der Waals surface area contributed by atoms with Gasteiger partial charge in [0.25, 0.3) is 5.91 Å². The summed E-state index contributed by atoms with van der Waals surface area (Å²) in [6.45, 7) is 1.72. The third-order valence-corrected chi connectivity index (χ3v) is 3.50. The number of phenols is 1. The van der Waals surface area contributed by atoms with Crippen LogP contribution >= 0.6 is 23.2 Å². The highest BCUT2D eigenvalue weighted by Crippen LogP contribution is 2.30. The summed E-state index contributed by atoms with van der Waals surface area (Å²) in [5, 5.41) is 13.1. The predicted octanol–water partition coefficient (Wildman–Crippen LogP) is 4.26. The summed E-state index contributed by atoms with van der Waals surface area (Å²) in [4.78, 5) is 12.1. The number of carbonyl (C=O) groups excluding carboxylic acids is 1. The molecule has 0 unspecified atom stereocenters. The number of halogens is 2. The van der Waals surface area contributed by atoms with Gasteiger partial charge in [-0.1, -0.05) is 41.4 Å². The van der Waals surface area contributed by atoms with Crippen LogP contribution in [0.25, 0.3) is 0 Å². The molecule has 98 valence electrons. The Morgan fingerprint density at radius 1 is 1.16 bits per heavy atom. The molecule has 2 aromatic carbocycles. The highest BCUT2D eigenvalue weighted by molar-refractivity contribution is 6.44. The monoisotopic (exact) mass is 295 g/mol. The zero-order valence-corrected chi connectivity index (χ0v) is 11.6. The Balaban J connectivity index is 2.31. The molecule has 2 N–H and O–H groups in total. The van der Waals surface area contributed by atoms with Crippen LogP contribution in [0, 0.1) is 6.92 Å². The second kappa shape index (κ2) is 5.51. The van der Waals surface area contributed by atoms with Gasteiger partial charge in [-0.2, -0.15) is 0 Å². The van der Waals surface area contributed by atoms with Crippen molar-refractivity contribution < 1.29 is 9.90 Å². The Labute approximate surface area is 120 Å².